The molecule has 3 fully saturated rings. The lowest BCUT2D eigenvalue weighted by molar-refractivity contribution is -0.210. The zero-order chi connectivity index (χ0) is 9.53. The Bertz CT molecular complexity index is 174. The van der Waals surface area contributed by atoms with E-state index in [4.69, 9.17) is 4.74 Å². The van der Waals surface area contributed by atoms with Gasteiger partial charge in [-0.05, 0) is 37.0 Å². The normalized spacial score (nSPS) is 44.3. The van der Waals surface area contributed by atoms with E-state index in [-0.39, 0.29) is 12.2 Å². The van der Waals surface area contributed by atoms with Crippen LogP contribution in [0.1, 0.15) is 39.5 Å². The summed E-state index contributed by atoms with van der Waals surface area (Å²) in [6.45, 7) is 5.66. The zero-order valence-corrected chi connectivity index (χ0v) is 8.68. The zero-order valence-electron chi connectivity index (χ0n) is 8.68. The fourth-order valence-corrected chi connectivity index (χ4v) is 2.74. The van der Waals surface area contributed by atoms with Gasteiger partial charge in [-0.3, -0.25) is 0 Å². The van der Waals surface area contributed by atoms with Crippen LogP contribution < -0.4 is 0 Å². The summed E-state index contributed by atoms with van der Waals surface area (Å²) >= 11 is 0. The number of hydrogen-bond donors (Lipinski definition) is 1. The summed E-state index contributed by atoms with van der Waals surface area (Å²) in [6.07, 6.45) is 4.60. The molecule has 2 nitrogen and oxygen atoms in total. The number of hydrogen-bond acceptors (Lipinski definition) is 2. The molecule has 1 saturated carbocycles. The van der Waals surface area contributed by atoms with Crippen molar-refractivity contribution in [2.75, 3.05) is 13.2 Å². The molecule has 0 amide bonds. The van der Waals surface area contributed by atoms with Gasteiger partial charge in [-0.25, -0.2) is 0 Å². The Labute approximate surface area is 80.3 Å². The van der Waals surface area contributed by atoms with E-state index in [9.17, 15) is 5.11 Å². The summed E-state index contributed by atoms with van der Waals surface area (Å²) in [5.41, 5.74) is 0.271. The summed E-state index contributed by atoms with van der Waals surface area (Å²) in [6, 6.07) is 0. The van der Waals surface area contributed by atoms with Crippen LogP contribution >= 0.6 is 0 Å². The van der Waals surface area contributed by atoms with Crippen molar-refractivity contribution < 1.29 is 9.84 Å². The van der Waals surface area contributed by atoms with Crippen LogP contribution in [0.25, 0.3) is 0 Å². The molecule has 0 spiro atoms. The molecule has 0 aromatic carbocycles. The van der Waals surface area contributed by atoms with Crippen molar-refractivity contribution in [2.45, 2.75) is 45.1 Å². The Morgan fingerprint density at radius 1 is 1.23 bits per heavy atom. The van der Waals surface area contributed by atoms with Gasteiger partial charge in [-0.15, -0.1) is 0 Å². The van der Waals surface area contributed by atoms with Crippen LogP contribution in [-0.4, -0.2) is 23.9 Å². The predicted octanol–water partition coefficient (Wildman–Crippen LogP) is 1.96. The fraction of sp³-hybridized carbons (Fsp3) is 1.00. The van der Waals surface area contributed by atoms with Gasteiger partial charge in [0.2, 0.25) is 0 Å². The molecule has 2 heterocycles. The number of fused-ring (bicyclic) bond motifs is 3. The Balaban J connectivity index is 2.11. The maximum absolute atomic E-state index is 9.26. The Kier molecular flexibility index (Phi) is 2.16. The van der Waals surface area contributed by atoms with E-state index in [2.05, 4.69) is 13.8 Å². The first kappa shape index (κ1) is 9.47. The second-order valence-electron chi connectivity index (χ2n) is 5.15. The van der Waals surface area contributed by atoms with Crippen molar-refractivity contribution in [2.24, 2.45) is 11.3 Å². The minimum Gasteiger partial charge on any atom is -0.393 e. The van der Waals surface area contributed by atoms with Crippen molar-refractivity contribution in [3.05, 3.63) is 0 Å². The molecule has 1 aliphatic carbocycles. The van der Waals surface area contributed by atoms with Gasteiger partial charge >= 0.3 is 0 Å². The van der Waals surface area contributed by atoms with Crippen LogP contribution in [0.15, 0.2) is 0 Å². The van der Waals surface area contributed by atoms with Crippen molar-refractivity contribution in [1.29, 1.82) is 0 Å². The highest BCUT2D eigenvalue weighted by molar-refractivity contribution is 5.00. The van der Waals surface area contributed by atoms with E-state index in [0.29, 0.717) is 11.3 Å². The third-order valence-corrected chi connectivity index (χ3v) is 4.34. The molecular formula is C11H20O2. The molecule has 1 N–H and O–H groups in total. The maximum atomic E-state index is 9.26. The van der Waals surface area contributed by atoms with Crippen molar-refractivity contribution in [1.82, 2.24) is 0 Å². The van der Waals surface area contributed by atoms with Gasteiger partial charge < -0.3 is 9.84 Å². The molecule has 13 heavy (non-hydrogen) atoms. The van der Waals surface area contributed by atoms with Gasteiger partial charge in [-0.1, -0.05) is 13.8 Å². The Morgan fingerprint density at radius 3 is 2.15 bits per heavy atom. The second-order valence-corrected chi connectivity index (χ2v) is 5.15. The summed E-state index contributed by atoms with van der Waals surface area (Å²) in [4.78, 5) is 0. The van der Waals surface area contributed by atoms with Gasteiger partial charge in [0.15, 0.2) is 0 Å². The first-order valence-corrected chi connectivity index (χ1v) is 5.37. The first-order valence-electron chi connectivity index (χ1n) is 5.37. The Morgan fingerprint density at radius 2 is 1.85 bits per heavy atom. The number of ether oxygens (including phenoxy) is 1. The van der Waals surface area contributed by atoms with Crippen LogP contribution in [0.5, 0.6) is 0 Å². The van der Waals surface area contributed by atoms with Crippen LogP contribution in [0.2, 0.25) is 0 Å². The van der Waals surface area contributed by atoms with Crippen LogP contribution in [0, 0.1) is 11.3 Å². The minimum absolute atomic E-state index is 0.156. The molecule has 2 bridgehead atoms. The van der Waals surface area contributed by atoms with Crippen molar-refractivity contribution in [3.8, 4) is 0 Å². The lowest BCUT2D eigenvalue weighted by Gasteiger charge is -2.54. The molecule has 0 radical (unpaired) electrons. The molecule has 0 aromatic rings. The Hall–Kier alpha value is -0.0800. The van der Waals surface area contributed by atoms with Gasteiger partial charge in [-0.2, -0.15) is 0 Å². The topological polar surface area (TPSA) is 29.5 Å². The van der Waals surface area contributed by atoms with Crippen LogP contribution in [0.4, 0.5) is 0 Å². The van der Waals surface area contributed by atoms with Gasteiger partial charge in [0.05, 0.1) is 18.8 Å². The van der Waals surface area contributed by atoms with Crippen molar-refractivity contribution in [3.63, 3.8) is 0 Å². The minimum atomic E-state index is -0.156. The average molecular weight is 184 g/mol. The summed E-state index contributed by atoms with van der Waals surface area (Å²) in [7, 11) is 0. The summed E-state index contributed by atoms with van der Waals surface area (Å²) in [5, 5.41) is 9.26. The smallest absolute Gasteiger partial charge is 0.0912 e. The fourth-order valence-electron chi connectivity index (χ4n) is 2.74. The molecule has 2 saturated heterocycles. The van der Waals surface area contributed by atoms with E-state index in [1.807, 2.05) is 0 Å². The molecular weight excluding hydrogens is 164 g/mol. The van der Waals surface area contributed by atoms with Gasteiger partial charge in [0, 0.05) is 0 Å². The first-order chi connectivity index (χ1) is 6.13. The lowest BCUT2D eigenvalue weighted by Crippen LogP contribution is -2.54. The number of aliphatic hydroxyl groups excluding tert-OH is 1. The average Bonchev–Trinajstić information content (AvgIpc) is 2.20. The molecule has 3 rings (SSSR count). The maximum Gasteiger partial charge on any atom is 0.0912 e. The largest absolute Gasteiger partial charge is 0.393 e. The molecule has 3 aliphatic rings. The van der Waals surface area contributed by atoms with Gasteiger partial charge in [0.1, 0.15) is 0 Å². The van der Waals surface area contributed by atoms with E-state index >= 15 is 0 Å². The van der Waals surface area contributed by atoms with Crippen molar-refractivity contribution >= 4 is 0 Å². The molecule has 0 atom stereocenters. The third-order valence-electron chi connectivity index (χ3n) is 4.34. The molecule has 2 aliphatic heterocycles. The third kappa shape index (κ3) is 1.31. The SMILES string of the molecule is CC(C)C12CCC(CO)(CC1)OC2. The highest BCUT2D eigenvalue weighted by atomic mass is 16.5. The van der Waals surface area contributed by atoms with E-state index in [0.717, 1.165) is 19.4 Å². The molecule has 0 aromatic heterocycles. The van der Waals surface area contributed by atoms with Crippen LogP contribution in [0.3, 0.4) is 0 Å². The summed E-state index contributed by atoms with van der Waals surface area (Å²) in [5.74, 6) is 0.712. The molecule has 2 heteroatoms. The number of aliphatic hydroxyl groups is 1. The van der Waals surface area contributed by atoms with Gasteiger partial charge in [0.25, 0.3) is 0 Å². The lowest BCUT2D eigenvalue weighted by atomic mass is 9.61. The highest BCUT2D eigenvalue weighted by Crippen LogP contribution is 2.52. The quantitative estimate of drug-likeness (QED) is 0.711. The predicted molar refractivity (Wildman–Crippen MR) is 51.5 cm³/mol. The monoisotopic (exact) mass is 184 g/mol. The van der Waals surface area contributed by atoms with E-state index in [1.54, 1.807) is 0 Å². The van der Waals surface area contributed by atoms with Crippen LogP contribution in [-0.2, 0) is 4.74 Å². The molecule has 0 unspecified atom stereocenters. The van der Waals surface area contributed by atoms with E-state index < -0.39 is 0 Å². The highest BCUT2D eigenvalue weighted by Gasteiger charge is 2.50. The standard InChI is InChI=1S/C11H20O2/c1-9(2)10-3-5-11(7-12,6-4-10)13-8-10/h9,12H,3-8H2,1-2H3. The summed E-state index contributed by atoms with van der Waals surface area (Å²) < 4.78 is 5.83. The molecule has 76 valence electrons. The van der Waals surface area contributed by atoms with E-state index in [1.165, 1.54) is 12.8 Å². The number of rotatable bonds is 2. The second kappa shape index (κ2) is 2.96.